The molecule has 4 nitrogen and oxygen atoms in total. The van der Waals surface area contributed by atoms with E-state index in [4.69, 9.17) is 5.11 Å². The minimum atomic E-state index is 0.180. The van der Waals surface area contributed by atoms with E-state index in [9.17, 15) is 0 Å². The van der Waals surface area contributed by atoms with Gasteiger partial charge in [0.15, 0.2) is 0 Å². The van der Waals surface area contributed by atoms with Gasteiger partial charge in [0.05, 0.1) is 5.39 Å². The van der Waals surface area contributed by atoms with Crippen LogP contribution in [0.3, 0.4) is 0 Å². The summed E-state index contributed by atoms with van der Waals surface area (Å²) in [7, 11) is 0. The lowest BCUT2D eigenvalue weighted by molar-refractivity contribution is 0.292. The van der Waals surface area contributed by atoms with Crippen molar-refractivity contribution in [2.24, 2.45) is 0 Å². The maximum atomic E-state index is 8.89. The molecule has 0 fully saturated rings. The zero-order valence-corrected chi connectivity index (χ0v) is 12.7. The smallest absolute Gasteiger partial charge is 0.138 e. The molecule has 0 spiro atoms. The van der Waals surface area contributed by atoms with Gasteiger partial charge in [-0.3, -0.25) is 0 Å². The number of aliphatic hydroxyl groups excluding tert-OH is 1. The van der Waals surface area contributed by atoms with Crippen molar-refractivity contribution in [3.8, 4) is 10.4 Å². The molecule has 108 valence electrons. The predicted molar refractivity (Wildman–Crippen MR) is 87.8 cm³/mol. The van der Waals surface area contributed by atoms with Gasteiger partial charge in [-0.1, -0.05) is 30.3 Å². The third-order valence-electron chi connectivity index (χ3n) is 3.39. The molecule has 0 bridgehead atoms. The molecule has 0 atom stereocenters. The van der Waals surface area contributed by atoms with Gasteiger partial charge in [-0.15, -0.1) is 11.3 Å². The van der Waals surface area contributed by atoms with Crippen LogP contribution in [0, 0.1) is 6.92 Å². The molecule has 0 aliphatic heterocycles. The molecule has 2 heterocycles. The maximum absolute atomic E-state index is 8.89. The summed E-state index contributed by atoms with van der Waals surface area (Å²) >= 11 is 1.69. The normalized spacial score (nSPS) is 11.0. The molecular weight excluding hydrogens is 282 g/mol. The van der Waals surface area contributed by atoms with Crippen molar-refractivity contribution >= 4 is 27.4 Å². The van der Waals surface area contributed by atoms with Gasteiger partial charge in [-0.2, -0.15) is 0 Å². The van der Waals surface area contributed by atoms with Gasteiger partial charge in [0, 0.05) is 18.0 Å². The molecule has 5 heteroatoms. The highest BCUT2D eigenvalue weighted by Gasteiger charge is 2.15. The molecule has 0 radical (unpaired) electrons. The van der Waals surface area contributed by atoms with Gasteiger partial charge in [-0.25, -0.2) is 9.97 Å². The molecular formula is C16H17N3OS. The second kappa shape index (κ2) is 6.20. The molecule has 0 aliphatic rings. The van der Waals surface area contributed by atoms with Gasteiger partial charge in [0.2, 0.25) is 0 Å². The van der Waals surface area contributed by atoms with Crippen LogP contribution in [0.25, 0.3) is 20.7 Å². The first-order valence-electron chi connectivity index (χ1n) is 6.95. The molecule has 0 saturated carbocycles. The summed E-state index contributed by atoms with van der Waals surface area (Å²) in [5, 5.41) is 13.3. The Hall–Kier alpha value is -1.98. The molecule has 21 heavy (non-hydrogen) atoms. The number of rotatable bonds is 5. The lowest BCUT2D eigenvalue weighted by Crippen LogP contribution is -2.05. The number of aliphatic hydroxyl groups is 1. The number of nitrogens with zero attached hydrogens (tertiary/aromatic N) is 2. The Kier molecular flexibility index (Phi) is 4.13. The minimum Gasteiger partial charge on any atom is -0.396 e. The Morgan fingerprint density at radius 3 is 2.76 bits per heavy atom. The van der Waals surface area contributed by atoms with Crippen LogP contribution in [-0.4, -0.2) is 28.2 Å². The van der Waals surface area contributed by atoms with E-state index >= 15 is 0 Å². The first kappa shape index (κ1) is 14.0. The van der Waals surface area contributed by atoms with Gasteiger partial charge < -0.3 is 10.4 Å². The van der Waals surface area contributed by atoms with Crippen molar-refractivity contribution in [3.63, 3.8) is 0 Å². The Balaban J connectivity index is 2.06. The van der Waals surface area contributed by atoms with Crippen molar-refractivity contribution in [1.29, 1.82) is 0 Å². The molecule has 1 aromatic carbocycles. The third-order valence-corrected chi connectivity index (χ3v) is 4.64. The fraction of sp³-hybridized carbons (Fsp3) is 0.250. The predicted octanol–water partition coefficient (Wildman–Crippen LogP) is 3.46. The second-order valence-electron chi connectivity index (χ2n) is 4.83. The van der Waals surface area contributed by atoms with Crippen molar-refractivity contribution in [3.05, 3.63) is 42.2 Å². The minimum absolute atomic E-state index is 0.180. The van der Waals surface area contributed by atoms with Crippen LogP contribution in [0.2, 0.25) is 0 Å². The first-order valence-corrected chi connectivity index (χ1v) is 7.77. The topological polar surface area (TPSA) is 58.0 Å². The average Bonchev–Trinajstić information content (AvgIpc) is 2.86. The summed E-state index contributed by atoms with van der Waals surface area (Å²) in [6.07, 6.45) is 2.30. The Morgan fingerprint density at radius 1 is 1.19 bits per heavy atom. The highest BCUT2D eigenvalue weighted by Crippen LogP contribution is 2.39. The lowest BCUT2D eigenvalue weighted by atomic mass is 10.1. The number of anilines is 1. The molecule has 0 saturated heterocycles. The van der Waals surface area contributed by atoms with Crippen LogP contribution >= 0.6 is 11.3 Å². The van der Waals surface area contributed by atoms with Crippen molar-refractivity contribution in [2.45, 2.75) is 13.3 Å². The monoisotopic (exact) mass is 299 g/mol. The number of benzene rings is 1. The highest BCUT2D eigenvalue weighted by molar-refractivity contribution is 7.22. The molecule has 3 rings (SSSR count). The van der Waals surface area contributed by atoms with E-state index in [-0.39, 0.29) is 6.61 Å². The number of fused-ring (bicyclic) bond motifs is 1. The number of hydrogen-bond donors (Lipinski definition) is 2. The van der Waals surface area contributed by atoms with Crippen molar-refractivity contribution in [1.82, 2.24) is 9.97 Å². The van der Waals surface area contributed by atoms with E-state index in [1.165, 1.54) is 16.0 Å². The van der Waals surface area contributed by atoms with Crippen LogP contribution in [0.1, 0.15) is 12.0 Å². The zero-order chi connectivity index (χ0) is 14.7. The lowest BCUT2D eigenvalue weighted by Gasteiger charge is -2.06. The number of hydrogen-bond acceptors (Lipinski definition) is 5. The third kappa shape index (κ3) is 2.75. The Morgan fingerprint density at radius 2 is 2.00 bits per heavy atom. The van der Waals surface area contributed by atoms with Crippen LogP contribution in [0.4, 0.5) is 5.82 Å². The summed E-state index contributed by atoms with van der Waals surface area (Å²) in [6, 6.07) is 10.3. The van der Waals surface area contributed by atoms with Crippen LogP contribution < -0.4 is 5.32 Å². The summed E-state index contributed by atoms with van der Waals surface area (Å²) in [5.74, 6) is 0.851. The fourth-order valence-corrected chi connectivity index (χ4v) is 3.51. The molecule has 2 N–H and O–H groups in total. The zero-order valence-electron chi connectivity index (χ0n) is 11.8. The number of thiophene rings is 1. The SMILES string of the molecule is Cc1c(-c2ccccc2)sc2ncnc(NCCCO)c12. The average molecular weight is 299 g/mol. The largest absolute Gasteiger partial charge is 0.396 e. The van der Waals surface area contributed by atoms with Crippen LogP contribution in [-0.2, 0) is 0 Å². The quantitative estimate of drug-likeness (QED) is 0.708. The maximum Gasteiger partial charge on any atom is 0.138 e. The van der Waals surface area contributed by atoms with Crippen LogP contribution in [0.5, 0.6) is 0 Å². The number of aryl methyl sites for hydroxylation is 1. The summed E-state index contributed by atoms with van der Waals surface area (Å²) in [5.41, 5.74) is 2.41. The van der Waals surface area contributed by atoms with Gasteiger partial charge in [0.1, 0.15) is 17.0 Å². The van der Waals surface area contributed by atoms with E-state index < -0.39 is 0 Å². The van der Waals surface area contributed by atoms with E-state index in [1.54, 1.807) is 17.7 Å². The fourth-order valence-electron chi connectivity index (χ4n) is 2.36. The van der Waals surface area contributed by atoms with Gasteiger partial charge >= 0.3 is 0 Å². The summed E-state index contributed by atoms with van der Waals surface area (Å²) < 4.78 is 0. The number of nitrogens with one attached hydrogen (secondary N) is 1. The molecule has 0 unspecified atom stereocenters. The summed E-state index contributed by atoms with van der Waals surface area (Å²) in [6.45, 7) is 3.00. The Bertz CT molecular complexity index is 740. The molecule has 3 aromatic rings. The highest BCUT2D eigenvalue weighted by atomic mass is 32.1. The van der Waals surface area contributed by atoms with Gasteiger partial charge in [0.25, 0.3) is 0 Å². The molecule has 2 aromatic heterocycles. The number of aromatic nitrogens is 2. The van der Waals surface area contributed by atoms with Crippen molar-refractivity contribution in [2.75, 3.05) is 18.5 Å². The second-order valence-corrected chi connectivity index (χ2v) is 5.83. The van der Waals surface area contributed by atoms with Gasteiger partial charge in [-0.05, 0) is 24.5 Å². The van der Waals surface area contributed by atoms with E-state index in [0.29, 0.717) is 13.0 Å². The summed E-state index contributed by atoms with van der Waals surface area (Å²) in [4.78, 5) is 11.0. The van der Waals surface area contributed by atoms with Crippen LogP contribution in [0.15, 0.2) is 36.7 Å². The first-order chi connectivity index (χ1) is 10.3. The van der Waals surface area contributed by atoms with E-state index in [2.05, 4.69) is 34.3 Å². The standard InChI is InChI=1S/C16H17N3OS/c1-11-13-15(17-8-5-9-20)18-10-19-16(13)21-14(11)12-6-3-2-4-7-12/h2-4,6-7,10,20H,5,8-9H2,1H3,(H,17,18,19). The van der Waals surface area contributed by atoms with Crippen molar-refractivity contribution < 1.29 is 5.11 Å². The molecule has 0 amide bonds. The van der Waals surface area contributed by atoms with E-state index in [1.807, 2.05) is 18.2 Å². The van der Waals surface area contributed by atoms with E-state index in [0.717, 1.165) is 16.0 Å². The Labute approximate surface area is 127 Å². The molecule has 0 aliphatic carbocycles.